The summed E-state index contributed by atoms with van der Waals surface area (Å²) in [4.78, 5) is 30.7. The maximum absolute atomic E-state index is 13.9. The number of benzene rings is 2. The number of likely N-dealkylation sites (tertiary alicyclic amines) is 1. The fraction of sp³-hybridized carbons (Fsp3) is 0.500. The molecule has 2 aromatic carbocycles. The van der Waals surface area contributed by atoms with Gasteiger partial charge in [-0.3, -0.25) is 14.5 Å². The molecular weight excluding hydrogens is 547 g/mol. The van der Waals surface area contributed by atoms with Gasteiger partial charge in [0.1, 0.15) is 11.9 Å². The van der Waals surface area contributed by atoms with E-state index in [1.54, 1.807) is 18.2 Å². The van der Waals surface area contributed by atoms with Crippen LogP contribution in [0.25, 0.3) is 0 Å². The van der Waals surface area contributed by atoms with E-state index in [0.717, 1.165) is 43.6 Å². The van der Waals surface area contributed by atoms with Crippen LogP contribution in [0.5, 0.6) is 5.75 Å². The van der Waals surface area contributed by atoms with Crippen molar-refractivity contribution < 1.29 is 19.4 Å². The van der Waals surface area contributed by atoms with Crippen molar-refractivity contribution in [2.45, 2.75) is 64.0 Å². The number of carbonyl (C=O) groups excluding carboxylic acids is 2. The van der Waals surface area contributed by atoms with Crippen molar-refractivity contribution in [3.63, 3.8) is 0 Å². The van der Waals surface area contributed by atoms with Crippen molar-refractivity contribution in [2.24, 2.45) is 11.8 Å². The van der Waals surface area contributed by atoms with E-state index in [9.17, 15) is 14.7 Å². The van der Waals surface area contributed by atoms with Crippen LogP contribution in [0.1, 0.15) is 51.2 Å². The Bertz CT molecular complexity index is 1240. The molecule has 0 aromatic heterocycles. The van der Waals surface area contributed by atoms with Gasteiger partial charge in [0.15, 0.2) is 0 Å². The van der Waals surface area contributed by atoms with Crippen LogP contribution in [-0.2, 0) is 26.2 Å². The van der Waals surface area contributed by atoms with Gasteiger partial charge in [0, 0.05) is 50.4 Å². The smallest absolute Gasteiger partial charge is 0.302 e. The lowest BCUT2D eigenvalue weighted by molar-refractivity contribution is -0.161. The van der Waals surface area contributed by atoms with Gasteiger partial charge in [-0.05, 0) is 60.7 Å². The zero-order valence-electron chi connectivity index (χ0n) is 23.6. The number of halogens is 2. The standard InChI is InChI=1S/C32H40Cl2N2O4/c1-5-12-35-13-11-32(24-7-6-8-26(38)16-24)18-25(17-30(27(32)20-35)40-22(4)37)36(19-21(2)3)31(39)15-23-9-10-28(33)29(34)14-23/h5-10,14,16,21,25,27,30,38H,1,11-13,15,17-20H2,2-4H3/t25-,27-,30?,32-/m0/s1. The Morgan fingerprint density at radius 3 is 2.65 bits per heavy atom. The highest BCUT2D eigenvalue weighted by atomic mass is 35.5. The molecule has 1 N–H and O–H groups in total. The second-order valence-electron chi connectivity index (χ2n) is 11.7. The second-order valence-corrected chi connectivity index (χ2v) is 12.5. The minimum atomic E-state index is -0.376. The van der Waals surface area contributed by atoms with E-state index in [0.29, 0.717) is 23.0 Å². The number of amides is 1. The summed E-state index contributed by atoms with van der Waals surface area (Å²) in [6, 6.07) is 12.6. The molecule has 6 nitrogen and oxygen atoms in total. The first-order valence-corrected chi connectivity index (χ1v) is 14.8. The molecule has 40 heavy (non-hydrogen) atoms. The van der Waals surface area contributed by atoms with Crippen LogP contribution >= 0.6 is 23.2 Å². The second kappa shape index (κ2) is 13.0. The molecule has 216 valence electrons. The Morgan fingerprint density at radius 1 is 1.23 bits per heavy atom. The predicted octanol–water partition coefficient (Wildman–Crippen LogP) is 6.27. The van der Waals surface area contributed by atoms with Gasteiger partial charge in [0.2, 0.25) is 5.91 Å². The molecule has 0 radical (unpaired) electrons. The number of nitrogens with zero attached hydrogens (tertiary/aromatic N) is 2. The van der Waals surface area contributed by atoms with Crippen molar-refractivity contribution in [1.29, 1.82) is 0 Å². The Morgan fingerprint density at radius 2 is 2.00 bits per heavy atom. The number of hydrogen-bond acceptors (Lipinski definition) is 5. The number of ether oxygens (including phenoxy) is 1. The van der Waals surface area contributed by atoms with Gasteiger partial charge in [-0.2, -0.15) is 0 Å². The predicted molar refractivity (Wildman–Crippen MR) is 160 cm³/mol. The summed E-state index contributed by atoms with van der Waals surface area (Å²) in [7, 11) is 0. The van der Waals surface area contributed by atoms with E-state index >= 15 is 0 Å². The third kappa shape index (κ3) is 6.84. The Kier molecular flexibility index (Phi) is 9.86. The summed E-state index contributed by atoms with van der Waals surface area (Å²) in [5.41, 5.74) is 1.45. The fourth-order valence-corrected chi connectivity index (χ4v) is 7.07. The monoisotopic (exact) mass is 586 g/mol. The molecule has 1 aliphatic carbocycles. The van der Waals surface area contributed by atoms with Gasteiger partial charge in [-0.25, -0.2) is 0 Å². The molecule has 2 aromatic rings. The lowest BCUT2D eigenvalue weighted by atomic mass is 9.56. The summed E-state index contributed by atoms with van der Waals surface area (Å²) >= 11 is 12.4. The number of fused-ring (bicyclic) bond motifs is 1. The molecular formula is C32H40Cl2N2O4. The average Bonchev–Trinajstić information content (AvgIpc) is 2.89. The average molecular weight is 588 g/mol. The van der Waals surface area contributed by atoms with Crippen LogP contribution in [-0.4, -0.2) is 65.1 Å². The topological polar surface area (TPSA) is 70.1 Å². The number of esters is 1. The zero-order chi connectivity index (χ0) is 29.0. The van der Waals surface area contributed by atoms with Crippen LogP contribution in [0.4, 0.5) is 0 Å². The molecule has 4 atom stereocenters. The molecule has 4 rings (SSSR count). The van der Waals surface area contributed by atoms with Crippen molar-refractivity contribution in [2.75, 3.05) is 26.2 Å². The molecule has 8 heteroatoms. The molecule has 2 aliphatic rings. The number of phenolic OH excluding ortho intramolecular Hbond substituents is 1. The van der Waals surface area contributed by atoms with E-state index < -0.39 is 0 Å². The Balaban J connectivity index is 1.74. The number of phenols is 1. The highest BCUT2D eigenvalue weighted by Crippen LogP contribution is 2.51. The molecule has 1 saturated carbocycles. The number of carbonyl (C=O) groups is 2. The lowest BCUT2D eigenvalue weighted by Gasteiger charge is -2.56. The molecule has 1 unspecified atom stereocenters. The molecule has 0 spiro atoms. The summed E-state index contributed by atoms with van der Waals surface area (Å²) in [5.74, 6) is 0.143. The fourth-order valence-electron chi connectivity index (χ4n) is 6.75. The van der Waals surface area contributed by atoms with Crippen molar-refractivity contribution >= 4 is 35.1 Å². The van der Waals surface area contributed by atoms with Crippen molar-refractivity contribution in [1.82, 2.24) is 9.80 Å². The maximum Gasteiger partial charge on any atom is 0.302 e. The van der Waals surface area contributed by atoms with Gasteiger partial charge < -0.3 is 14.7 Å². The Hall–Kier alpha value is -2.54. The third-order valence-electron chi connectivity index (χ3n) is 8.38. The van der Waals surface area contributed by atoms with E-state index in [1.165, 1.54) is 6.92 Å². The number of hydrogen-bond donors (Lipinski definition) is 1. The molecule has 1 heterocycles. The largest absolute Gasteiger partial charge is 0.508 e. The molecule has 1 saturated heterocycles. The van der Waals surface area contributed by atoms with Crippen LogP contribution in [0, 0.1) is 11.8 Å². The van der Waals surface area contributed by atoms with Gasteiger partial charge in [-0.15, -0.1) is 6.58 Å². The minimum Gasteiger partial charge on any atom is -0.508 e. The first-order chi connectivity index (χ1) is 19.0. The molecule has 1 aliphatic heterocycles. The highest BCUT2D eigenvalue weighted by Gasteiger charge is 2.54. The highest BCUT2D eigenvalue weighted by molar-refractivity contribution is 6.42. The first kappa shape index (κ1) is 30.4. The number of aromatic hydroxyl groups is 1. The summed E-state index contributed by atoms with van der Waals surface area (Å²) in [5, 5.41) is 11.3. The normalized spacial score (nSPS) is 24.8. The van der Waals surface area contributed by atoms with E-state index in [-0.39, 0.29) is 53.4 Å². The zero-order valence-corrected chi connectivity index (χ0v) is 25.1. The van der Waals surface area contributed by atoms with Crippen LogP contribution in [0.15, 0.2) is 55.1 Å². The van der Waals surface area contributed by atoms with Crippen LogP contribution < -0.4 is 0 Å². The lowest BCUT2D eigenvalue weighted by Crippen LogP contribution is -2.62. The SMILES string of the molecule is C=CCN1CC[C@@]2(c3cccc(O)c3)C[C@@H](N(CC(C)C)C(=O)Cc3ccc(Cl)c(Cl)c3)CC(OC(C)=O)[C@@H]2C1. The van der Waals surface area contributed by atoms with Crippen LogP contribution in [0.3, 0.4) is 0 Å². The minimum absolute atomic E-state index is 0.00673. The molecule has 2 fully saturated rings. The van der Waals surface area contributed by atoms with Crippen molar-refractivity contribution in [3.05, 3.63) is 76.3 Å². The van der Waals surface area contributed by atoms with Gasteiger partial charge in [-0.1, -0.05) is 61.3 Å². The summed E-state index contributed by atoms with van der Waals surface area (Å²) in [6.45, 7) is 12.5. The van der Waals surface area contributed by atoms with Crippen molar-refractivity contribution in [3.8, 4) is 5.75 Å². The van der Waals surface area contributed by atoms with Gasteiger partial charge in [0.05, 0.1) is 16.5 Å². The maximum atomic E-state index is 13.9. The molecule has 0 bridgehead atoms. The number of piperidine rings is 1. The van der Waals surface area contributed by atoms with Crippen LogP contribution in [0.2, 0.25) is 10.0 Å². The molecule has 1 amide bonds. The van der Waals surface area contributed by atoms with E-state index in [1.807, 2.05) is 29.2 Å². The third-order valence-corrected chi connectivity index (χ3v) is 9.12. The first-order valence-electron chi connectivity index (χ1n) is 14.1. The van der Waals surface area contributed by atoms with E-state index in [4.69, 9.17) is 27.9 Å². The van der Waals surface area contributed by atoms with Gasteiger partial charge >= 0.3 is 5.97 Å². The summed E-state index contributed by atoms with van der Waals surface area (Å²) < 4.78 is 6.05. The summed E-state index contributed by atoms with van der Waals surface area (Å²) in [6.07, 6.45) is 3.83. The Labute approximate surface area is 247 Å². The number of rotatable bonds is 9. The van der Waals surface area contributed by atoms with E-state index in [2.05, 4.69) is 31.4 Å². The quantitative estimate of drug-likeness (QED) is 0.277. The van der Waals surface area contributed by atoms with Gasteiger partial charge in [0.25, 0.3) is 0 Å².